The van der Waals surface area contributed by atoms with Crippen LogP contribution in [0.1, 0.15) is 5.56 Å². The van der Waals surface area contributed by atoms with E-state index in [1.54, 1.807) is 12.1 Å². The summed E-state index contributed by atoms with van der Waals surface area (Å²) in [5.41, 5.74) is 7.31. The SMILES string of the molecule is Cn1cc(CN)c2c(O)ccc(Cl)c21. The van der Waals surface area contributed by atoms with Gasteiger partial charge in [0.15, 0.2) is 0 Å². The fraction of sp³-hybridized carbons (Fsp3) is 0.200. The summed E-state index contributed by atoms with van der Waals surface area (Å²) in [5, 5.41) is 11.1. The molecule has 0 spiro atoms. The van der Waals surface area contributed by atoms with Gasteiger partial charge in [-0.25, -0.2) is 0 Å². The van der Waals surface area contributed by atoms with E-state index in [0.717, 1.165) is 16.5 Å². The first-order valence-corrected chi connectivity index (χ1v) is 4.68. The Morgan fingerprint density at radius 3 is 2.86 bits per heavy atom. The van der Waals surface area contributed by atoms with Crippen molar-refractivity contribution in [2.24, 2.45) is 12.8 Å². The zero-order chi connectivity index (χ0) is 10.3. The van der Waals surface area contributed by atoms with Crippen LogP contribution in [0.15, 0.2) is 18.3 Å². The molecule has 1 aromatic carbocycles. The van der Waals surface area contributed by atoms with Gasteiger partial charge in [0.1, 0.15) is 5.75 Å². The molecule has 0 unspecified atom stereocenters. The van der Waals surface area contributed by atoms with Gasteiger partial charge in [0, 0.05) is 25.2 Å². The van der Waals surface area contributed by atoms with Crippen LogP contribution >= 0.6 is 11.6 Å². The maximum Gasteiger partial charge on any atom is 0.125 e. The number of phenols is 1. The van der Waals surface area contributed by atoms with E-state index in [-0.39, 0.29) is 5.75 Å². The Morgan fingerprint density at radius 1 is 1.50 bits per heavy atom. The van der Waals surface area contributed by atoms with Gasteiger partial charge in [-0.3, -0.25) is 0 Å². The summed E-state index contributed by atoms with van der Waals surface area (Å²) in [4.78, 5) is 0. The van der Waals surface area contributed by atoms with E-state index in [1.165, 1.54) is 0 Å². The van der Waals surface area contributed by atoms with E-state index in [1.807, 2.05) is 17.8 Å². The van der Waals surface area contributed by atoms with Gasteiger partial charge in [0.05, 0.1) is 10.5 Å². The second-order valence-electron chi connectivity index (χ2n) is 3.26. The molecular formula is C10H11ClN2O. The number of rotatable bonds is 1. The van der Waals surface area contributed by atoms with Gasteiger partial charge in [-0.05, 0) is 17.7 Å². The molecule has 0 aliphatic heterocycles. The Bertz CT molecular complexity index is 490. The van der Waals surface area contributed by atoms with Crippen molar-refractivity contribution >= 4 is 22.5 Å². The average molecular weight is 211 g/mol. The molecule has 0 saturated heterocycles. The van der Waals surface area contributed by atoms with E-state index in [0.29, 0.717) is 11.6 Å². The Kier molecular flexibility index (Phi) is 2.13. The lowest BCUT2D eigenvalue weighted by Crippen LogP contribution is -1.94. The topological polar surface area (TPSA) is 51.2 Å². The third-order valence-corrected chi connectivity index (χ3v) is 2.65. The number of phenolic OH excluding ortho intramolecular Hbond substituents is 1. The Hall–Kier alpha value is -1.19. The Morgan fingerprint density at radius 2 is 2.21 bits per heavy atom. The molecule has 0 radical (unpaired) electrons. The summed E-state index contributed by atoms with van der Waals surface area (Å²) in [6, 6.07) is 3.27. The van der Waals surface area contributed by atoms with Gasteiger partial charge in [0.2, 0.25) is 0 Å². The molecule has 0 aliphatic carbocycles. The number of hydrogen-bond acceptors (Lipinski definition) is 2. The highest BCUT2D eigenvalue weighted by Gasteiger charge is 2.12. The van der Waals surface area contributed by atoms with Gasteiger partial charge < -0.3 is 15.4 Å². The van der Waals surface area contributed by atoms with Gasteiger partial charge in [0.25, 0.3) is 0 Å². The van der Waals surface area contributed by atoms with Crippen molar-refractivity contribution in [2.75, 3.05) is 0 Å². The minimum absolute atomic E-state index is 0.227. The van der Waals surface area contributed by atoms with Crippen LogP contribution in [-0.2, 0) is 13.6 Å². The highest BCUT2D eigenvalue weighted by molar-refractivity contribution is 6.35. The maximum absolute atomic E-state index is 9.69. The molecule has 1 heterocycles. The number of nitrogens with zero attached hydrogens (tertiary/aromatic N) is 1. The number of hydrogen-bond donors (Lipinski definition) is 2. The molecule has 74 valence electrons. The highest BCUT2D eigenvalue weighted by Crippen LogP contribution is 2.33. The van der Waals surface area contributed by atoms with Crippen molar-refractivity contribution in [2.45, 2.75) is 6.54 Å². The number of aryl methyl sites for hydroxylation is 1. The normalized spacial score (nSPS) is 11.1. The molecule has 0 saturated carbocycles. The van der Waals surface area contributed by atoms with Gasteiger partial charge >= 0.3 is 0 Å². The lowest BCUT2D eigenvalue weighted by Gasteiger charge is -2.01. The first-order valence-electron chi connectivity index (χ1n) is 4.30. The zero-order valence-electron chi connectivity index (χ0n) is 7.79. The average Bonchev–Trinajstić information content (AvgIpc) is 2.50. The number of aromatic nitrogens is 1. The number of aromatic hydroxyl groups is 1. The monoisotopic (exact) mass is 210 g/mol. The summed E-state index contributed by atoms with van der Waals surface area (Å²) in [5.74, 6) is 0.227. The molecule has 4 heteroatoms. The minimum atomic E-state index is 0.227. The van der Waals surface area contributed by atoms with Crippen LogP contribution in [0.3, 0.4) is 0 Å². The second-order valence-corrected chi connectivity index (χ2v) is 3.67. The number of benzene rings is 1. The molecule has 2 rings (SSSR count). The van der Waals surface area contributed by atoms with Crippen LogP contribution in [0.4, 0.5) is 0 Å². The third-order valence-electron chi connectivity index (χ3n) is 2.35. The van der Waals surface area contributed by atoms with Crippen LogP contribution in [0.5, 0.6) is 5.75 Å². The molecule has 0 atom stereocenters. The predicted octanol–water partition coefficient (Wildman–Crippen LogP) is 2.00. The molecule has 0 fully saturated rings. The number of fused-ring (bicyclic) bond motifs is 1. The van der Waals surface area contributed by atoms with Crippen LogP contribution < -0.4 is 5.73 Å². The second kappa shape index (κ2) is 3.19. The van der Waals surface area contributed by atoms with Gasteiger partial charge in [-0.15, -0.1) is 0 Å². The largest absolute Gasteiger partial charge is 0.507 e. The van der Waals surface area contributed by atoms with E-state index >= 15 is 0 Å². The molecule has 0 amide bonds. The first kappa shape index (κ1) is 9.37. The number of nitrogens with two attached hydrogens (primary N) is 1. The lowest BCUT2D eigenvalue weighted by atomic mass is 10.1. The molecule has 3 N–H and O–H groups in total. The van der Waals surface area contributed by atoms with E-state index < -0.39 is 0 Å². The van der Waals surface area contributed by atoms with Crippen molar-refractivity contribution in [3.63, 3.8) is 0 Å². The fourth-order valence-corrected chi connectivity index (χ4v) is 2.02. The first-order chi connectivity index (χ1) is 6.65. The van der Waals surface area contributed by atoms with E-state index in [4.69, 9.17) is 17.3 Å². The molecule has 0 aliphatic rings. The van der Waals surface area contributed by atoms with Gasteiger partial charge in [-0.2, -0.15) is 0 Å². The standard InChI is InChI=1S/C10H11ClN2O/c1-13-5-6(4-12)9-8(14)3-2-7(11)10(9)13/h2-3,5,14H,4,12H2,1H3. The van der Waals surface area contributed by atoms with Gasteiger partial charge in [-0.1, -0.05) is 11.6 Å². The molecular weight excluding hydrogens is 200 g/mol. The van der Waals surface area contributed by atoms with Crippen molar-refractivity contribution in [3.8, 4) is 5.75 Å². The van der Waals surface area contributed by atoms with Crippen molar-refractivity contribution in [1.29, 1.82) is 0 Å². The molecule has 14 heavy (non-hydrogen) atoms. The van der Waals surface area contributed by atoms with E-state index in [2.05, 4.69) is 0 Å². The predicted molar refractivity (Wildman–Crippen MR) is 57.5 cm³/mol. The van der Waals surface area contributed by atoms with Crippen molar-refractivity contribution < 1.29 is 5.11 Å². The van der Waals surface area contributed by atoms with Crippen LogP contribution in [-0.4, -0.2) is 9.67 Å². The molecule has 1 aromatic heterocycles. The number of halogens is 1. The maximum atomic E-state index is 9.69. The highest BCUT2D eigenvalue weighted by atomic mass is 35.5. The Balaban J connectivity index is 2.94. The smallest absolute Gasteiger partial charge is 0.125 e. The summed E-state index contributed by atoms with van der Waals surface area (Å²) in [6.45, 7) is 0.394. The molecule has 0 bridgehead atoms. The zero-order valence-corrected chi connectivity index (χ0v) is 8.54. The van der Waals surface area contributed by atoms with Crippen LogP contribution in [0, 0.1) is 0 Å². The summed E-state index contributed by atoms with van der Waals surface area (Å²) in [7, 11) is 1.88. The lowest BCUT2D eigenvalue weighted by molar-refractivity contribution is 0.481. The van der Waals surface area contributed by atoms with E-state index in [9.17, 15) is 5.11 Å². The van der Waals surface area contributed by atoms with Crippen LogP contribution in [0.2, 0.25) is 5.02 Å². The quantitative estimate of drug-likeness (QED) is 0.757. The summed E-state index contributed by atoms with van der Waals surface area (Å²) < 4.78 is 1.87. The fourth-order valence-electron chi connectivity index (χ4n) is 1.73. The summed E-state index contributed by atoms with van der Waals surface area (Å²) in [6.07, 6.45) is 1.89. The Labute approximate surface area is 86.7 Å². The van der Waals surface area contributed by atoms with Crippen molar-refractivity contribution in [3.05, 3.63) is 28.9 Å². The third kappa shape index (κ3) is 1.17. The van der Waals surface area contributed by atoms with Crippen LogP contribution in [0.25, 0.3) is 10.9 Å². The minimum Gasteiger partial charge on any atom is -0.507 e. The molecule has 2 aromatic rings. The summed E-state index contributed by atoms with van der Waals surface area (Å²) >= 11 is 6.03. The van der Waals surface area contributed by atoms with Crippen molar-refractivity contribution in [1.82, 2.24) is 4.57 Å². The molecule has 3 nitrogen and oxygen atoms in total.